The minimum Gasteiger partial charge on any atom is -0.346 e. The van der Waals surface area contributed by atoms with Gasteiger partial charge in [-0.25, -0.2) is 15.0 Å². The Morgan fingerprint density at radius 3 is 2.88 bits per heavy atom. The van der Waals surface area contributed by atoms with Gasteiger partial charge in [-0.3, -0.25) is 9.48 Å². The molecule has 9 heteroatoms. The van der Waals surface area contributed by atoms with Gasteiger partial charge in [0.05, 0.1) is 29.0 Å². The van der Waals surface area contributed by atoms with Crippen molar-refractivity contribution >= 4 is 33.5 Å². The van der Waals surface area contributed by atoms with Crippen molar-refractivity contribution in [1.82, 2.24) is 34.6 Å². The van der Waals surface area contributed by atoms with Crippen molar-refractivity contribution in [2.45, 2.75) is 18.9 Å². The first kappa shape index (κ1) is 20.5. The van der Waals surface area contributed by atoms with Crippen molar-refractivity contribution < 1.29 is 4.79 Å². The molecule has 0 radical (unpaired) electrons. The summed E-state index contributed by atoms with van der Waals surface area (Å²) in [6.07, 6.45) is 12.6. The second-order valence-corrected chi connectivity index (χ2v) is 8.82. The van der Waals surface area contributed by atoms with Gasteiger partial charge in [0.25, 0.3) is 5.91 Å². The molecule has 1 amide bonds. The molecule has 0 atom stereocenters. The van der Waals surface area contributed by atoms with E-state index in [1.165, 1.54) is 0 Å². The molecule has 1 saturated heterocycles. The fourth-order valence-electron chi connectivity index (χ4n) is 4.58. The number of H-pyrrole nitrogens is 1. The van der Waals surface area contributed by atoms with E-state index >= 15 is 0 Å². The lowest BCUT2D eigenvalue weighted by Gasteiger charge is -2.28. The number of carbonyl (C=O) groups is 1. The van der Waals surface area contributed by atoms with Crippen LogP contribution in [0.4, 0.5) is 5.69 Å². The zero-order valence-corrected chi connectivity index (χ0v) is 18.8. The van der Waals surface area contributed by atoms with Crippen LogP contribution in [-0.2, 0) is 0 Å². The molecule has 5 aromatic rings. The molecule has 2 N–H and O–H groups in total. The number of piperidine rings is 1. The van der Waals surface area contributed by atoms with E-state index in [0.29, 0.717) is 17.3 Å². The molecule has 170 valence electrons. The molecule has 0 bridgehead atoms. The monoisotopic (exact) mass is 452 g/mol. The largest absolute Gasteiger partial charge is 0.346 e. The van der Waals surface area contributed by atoms with E-state index in [1.807, 2.05) is 41.3 Å². The number of anilines is 1. The van der Waals surface area contributed by atoms with Gasteiger partial charge in [0, 0.05) is 41.1 Å². The highest BCUT2D eigenvalue weighted by Gasteiger charge is 2.19. The standard InChI is InChI=1S/C25H24N8O/c1-32-6-4-20(5-7-32)33-14-19(12-30-33)31-25(34)18-9-21-22(13-28-24(21)27-11-18)16-2-3-23-17(8-16)10-26-15-29-23/h2-3,8-15,20H,4-7H2,1H3,(H,27,28)(H,31,34). The normalized spacial score (nSPS) is 15.2. The van der Waals surface area contributed by atoms with Crippen LogP contribution in [0.2, 0.25) is 0 Å². The summed E-state index contributed by atoms with van der Waals surface area (Å²) in [6.45, 7) is 2.11. The number of aromatic amines is 1. The lowest BCUT2D eigenvalue weighted by atomic mass is 10.0. The topological polar surface area (TPSA) is 105 Å². The zero-order chi connectivity index (χ0) is 23.1. The molecule has 0 unspecified atom stereocenters. The summed E-state index contributed by atoms with van der Waals surface area (Å²) < 4.78 is 1.97. The summed E-state index contributed by atoms with van der Waals surface area (Å²) in [6, 6.07) is 8.27. The fraction of sp³-hybridized carbons (Fsp3) is 0.240. The maximum atomic E-state index is 13.0. The maximum Gasteiger partial charge on any atom is 0.257 e. The van der Waals surface area contributed by atoms with E-state index in [1.54, 1.807) is 24.9 Å². The number of amides is 1. The Balaban J connectivity index is 1.25. The minimum absolute atomic E-state index is 0.212. The first-order chi connectivity index (χ1) is 16.6. The van der Waals surface area contributed by atoms with E-state index in [-0.39, 0.29) is 5.91 Å². The van der Waals surface area contributed by atoms with Crippen molar-refractivity contribution in [2.24, 2.45) is 0 Å². The smallest absolute Gasteiger partial charge is 0.257 e. The molecular weight excluding hydrogens is 428 g/mol. The number of aromatic nitrogens is 6. The summed E-state index contributed by atoms with van der Waals surface area (Å²) in [7, 11) is 2.14. The molecule has 1 aliphatic rings. The highest BCUT2D eigenvalue weighted by atomic mass is 16.1. The predicted molar refractivity (Wildman–Crippen MR) is 131 cm³/mol. The van der Waals surface area contributed by atoms with Crippen LogP contribution in [-0.4, -0.2) is 60.7 Å². The molecule has 6 rings (SSSR count). The zero-order valence-electron chi connectivity index (χ0n) is 18.8. The molecule has 9 nitrogen and oxygen atoms in total. The SMILES string of the molecule is CN1CCC(n2cc(NC(=O)c3cnc4[nH]cc(-c5ccc6ncncc6c5)c4c3)cn2)CC1. The highest BCUT2D eigenvalue weighted by Crippen LogP contribution is 2.30. The number of likely N-dealkylation sites (tertiary alicyclic amines) is 1. The summed E-state index contributed by atoms with van der Waals surface area (Å²) in [5.74, 6) is -0.212. The Morgan fingerprint density at radius 1 is 1.12 bits per heavy atom. The number of nitrogens with zero attached hydrogens (tertiary/aromatic N) is 6. The Labute approximate surface area is 195 Å². The first-order valence-corrected chi connectivity index (χ1v) is 11.4. The van der Waals surface area contributed by atoms with Crippen molar-refractivity contribution in [3.05, 3.63) is 67.1 Å². The van der Waals surface area contributed by atoms with Gasteiger partial charge in [0.15, 0.2) is 0 Å². The Hall–Kier alpha value is -4.11. The van der Waals surface area contributed by atoms with Crippen LogP contribution in [0.15, 0.2) is 61.6 Å². The minimum atomic E-state index is -0.212. The van der Waals surface area contributed by atoms with Gasteiger partial charge < -0.3 is 15.2 Å². The molecule has 1 fully saturated rings. The van der Waals surface area contributed by atoms with Crippen LogP contribution >= 0.6 is 0 Å². The molecule has 5 heterocycles. The van der Waals surface area contributed by atoms with Gasteiger partial charge >= 0.3 is 0 Å². The van der Waals surface area contributed by atoms with E-state index < -0.39 is 0 Å². The molecule has 1 aromatic carbocycles. The number of hydrogen-bond acceptors (Lipinski definition) is 6. The molecule has 0 spiro atoms. The van der Waals surface area contributed by atoms with Gasteiger partial charge in [-0.2, -0.15) is 5.10 Å². The third-order valence-electron chi connectivity index (χ3n) is 6.53. The number of carbonyl (C=O) groups excluding carboxylic acids is 1. The van der Waals surface area contributed by atoms with E-state index in [4.69, 9.17) is 0 Å². The number of pyridine rings is 1. The van der Waals surface area contributed by atoms with Crippen LogP contribution in [0.1, 0.15) is 29.2 Å². The van der Waals surface area contributed by atoms with Crippen molar-refractivity contribution in [3.8, 4) is 11.1 Å². The molecule has 0 aliphatic carbocycles. The van der Waals surface area contributed by atoms with Gasteiger partial charge in [-0.1, -0.05) is 6.07 Å². The maximum absolute atomic E-state index is 13.0. The lowest BCUT2D eigenvalue weighted by Crippen LogP contribution is -2.31. The fourth-order valence-corrected chi connectivity index (χ4v) is 4.58. The third kappa shape index (κ3) is 3.80. The van der Waals surface area contributed by atoms with E-state index in [9.17, 15) is 4.79 Å². The highest BCUT2D eigenvalue weighted by molar-refractivity contribution is 6.07. The number of benzene rings is 1. The Kier molecular flexibility index (Phi) is 5.03. The lowest BCUT2D eigenvalue weighted by molar-refractivity contribution is 0.102. The van der Waals surface area contributed by atoms with Crippen LogP contribution in [0.5, 0.6) is 0 Å². The third-order valence-corrected chi connectivity index (χ3v) is 6.53. The quantitative estimate of drug-likeness (QED) is 0.429. The molecule has 4 aromatic heterocycles. The molecular formula is C25H24N8O. The summed E-state index contributed by atoms with van der Waals surface area (Å²) >= 11 is 0. The van der Waals surface area contributed by atoms with Crippen molar-refractivity contribution in [1.29, 1.82) is 0 Å². The van der Waals surface area contributed by atoms with Crippen LogP contribution in [0, 0.1) is 0 Å². The predicted octanol–water partition coefficient (Wildman–Crippen LogP) is 3.89. The Morgan fingerprint density at radius 2 is 2.00 bits per heavy atom. The van der Waals surface area contributed by atoms with Crippen molar-refractivity contribution in [2.75, 3.05) is 25.5 Å². The van der Waals surface area contributed by atoms with Crippen molar-refractivity contribution in [3.63, 3.8) is 0 Å². The van der Waals surface area contributed by atoms with Gasteiger partial charge in [-0.05, 0) is 56.7 Å². The average molecular weight is 453 g/mol. The molecule has 0 saturated carbocycles. The average Bonchev–Trinajstić information content (AvgIpc) is 3.51. The summed E-state index contributed by atoms with van der Waals surface area (Å²) in [4.78, 5) is 31.4. The summed E-state index contributed by atoms with van der Waals surface area (Å²) in [5, 5.41) is 9.29. The second-order valence-electron chi connectivity index (χ2n) is 8.82. The number of fused-ring (bicyclic) bond motifs is 2. The number of nitrogens with one attached hydrogen (secondary N) is 2. The van der Waals surface area contributed by atoms with E-state index in [2.05, 4.69) is 42.3 Å². The molecule has 1 aliphatic heterocycles. The second kappa shape index (κ2) is 8.35. The van der Waals surface area contributed by atoms with Gasteiger partial charge in [-0.15, -0.1) is 0 Å². The Bertz CT molecular complexity index is 1500. The van der Waals surface area contributed by atoms with Gasteiger partial charge in [0.2, 0.25) is 0 Å². The number of rotatable bonds is 4. The summed E-state index contributed by atoms with van der Waals surface area (Å²) in [5.41, 5.74) is 4.77. The van der Waals surface area contributed by atoms with Crippen LogP contribution < -0.4 is 5.32 Å². The van der Waals surface area contributed by atoms with E-state index in [0.717, 1.165) is 59.0 Å². The number of hydrogen-bond donors (Lipinski definition) is 2. The molecule has 34 heavy (non-hydrogen) atoms. The van der Waals surface area contributed by atoms with Crippen LogP contribution in [0.25, 0.3) is 33.1 Å². The van der Waals surface area contributed by atoms with Crippen LogP contribution in [0.3, 0.4) is 0 Å². The first-order valence-electron chi connectivity index (χ1n) is 11.4. The van der Waals surface area contributed by atoms with Gasteiger partial charge in [0.1, 0.15) is 12.0 Å².